The summed E-state index contributed by atoms with van der Waals surface area (Å²) in [7, 11) is 0. The zero-order valence-electron chi connectivity index (χ0n) is 9.07. The smallest absolute Gasteiger partial charge is 0.370 e. The summed E-state index contributed by atoms with van der Waals surface area (Å²) in [4.78, 5) is 11.2. The first-order chi connectivity index (χ1) is 6.63. The van der Waals surface area contributed by atoms with E-state index in [9.17, 15) is 18.0 Å². The second-order valence-corrected chi connectivity index (χ2v) is 4.17. The van der Waals surface area contributed by atoms with Crippen LogP contribution in [0.4, 0.5) is 13.2 Å². The summed E-state index contributed by atoms with van der Waals surface area (Å²) in [6.45, 7) is 3.84. The van der Waals surface area contributed by atoms with E-state index in [4.69, 9.17) is 0 Å². The number of ether oxygens (including phenoxy) is 1. The molecule has 0 radical (unpaired) electrons. The molecule has 0 aliphatic carbocycles. The standard InChI is InChI=1S/C9H16F3NO2/c1-8(2,3)7(14)13-4-5-15-6-9(10,11)12/h4-6H2,1-3H3,(H,13,14). The second-order valence-electron chi connectivity index (χ2n) is 4.17. The summed E-state index contributed by atoms with van der Waals surface area (Å²) >= 11 is 0. The monoisotopic (exact) mass is 227 g/mol. The highest BCUT2D eigenvalue weighted by atomic mass is 19.4. The molecule has 15 heavy (non-hydrogen) atoms. The highest BCUT2D eigenvalue weighted by Gasteiger charge is 2.27. The molecule has 0 fully saturated rings. The van der Waals surface area contributed by atoms with Gasteiger partial charge in [0.05, 0.1) is 6.61 Å². The number of halogens is 3. The van der Waals surface area contributed by atoms with Gasteiger partial charge in [-0.05, 0) is 0 Å². The van der Waals surface area contributed by atoms with Crippen LogP contribution in [0.15, 0.2) is 0 Å². The topological polar surface area (TPSA) is 38.3 Å². The fourth-order valence-electron chi connectivity index (χ4n) is 0.690. The van der Waals surface area contributed by atoms with Crippen LogP contribution in [-0.4, -0.2) is 31.8 Å². The largest absolute Gasteiger partial charge is 0.411 e. The summed E-state index contributed by atoms with van der Waals surface area (Å²) in [6.07, 6.45) is -4.31. The molecule has 6 heteroatoms. The first-order valence-electron chi connectivity index (χ1n) is 4.56. The minimum atomic E-state index is -4.31. The molecule has 0 atom stereocenters. The number of rotatable bonds is 4. The Bertz CT molecular complexity index is 208. The van der Waals surface area contributed by atoms with Gasteiger partial charge < -0.3 is 10.1 Å². The Kier molecular flexibility index (Phi) is 5.07. The van der Waals surface area contributed by atoms with Gasteiger partial charge in [0.25, 0.3) is 0 Å². The van der Waals surface area contributed by atoms with E-state index in [0.29, 0.717) is 0 Å². The van der Waals surface area contributed by atoms with E-state index in [1.807, 2.05) is 0 Å². The molecule has 90 valence electrons. The predicted octanol–water partition coefficient (Wildman–Crippen LogP) is 1.73. The van der Waals surface area contributed by atoms with Gasteiger partial charge in [0.2, 0.25) is 5.91 Å². The van der Waals surface area contributed by atoms with Gasteiger partial charge in [-0.1, -0.05) is 20.8 Å². The Morgan fingerprint density at radius 1 is 1.27 bits per heavy atom. The van der Waals surface area contributed by atoms with E-state index in [2.05, 4.69) is 10.1 Å². The van der Waals surface area contributed by atoms with Gasteiger partial charge in [-0.25, -0.2) is 0 Å². The molecular formula is C9H16F3NO2. The minimum Gasteiger partial charge on any atom is -0.370 e. The third-order valence-electron chi connectivity index (χ3n) is 1.48. The van der Waals surface area contributed by atoms with Crippen molar-refractivity contribution in [2.45, 2.75) is 26.9 Å². The number of nitrogens with one attached hydrogen (secondary N) is 1. The van der Waals surface area contributed by atoms with Crippen molar-refractivity contribution in [3.8, 4) is 0 Å². The van der Waals surface area contributed by atoms with Crippen molar-refractivity contribution >= 4 is 5.91 Å². The lowest BCUT2D eigenvalue weighted by molar-refractivity contribution is -0.173. The van der Waals surface area contributed by atoms with Crippen LogP contribution in [0.3, 0.4) is 0 Å². The maximum absolute atomic E-state index is 11.6. The van der Waals surface area contributed by atoms with Gasteiger partial charge in [-0.2, -0.15) is 13.2 Å². The number of hydrogen-bond donors (Lipinski definition) is 1. The van der Waals surface area contributed by atoms with E-state index in [1.165, 1.54) is 0 Å². The molecule has 0 aromatic heterocycles. The van der Waals surface area contributed by atoms with Crippen LogP contribution in [-0.2, 0) is 9.53 Å². The minimum absolute atomic E-state index is 0.0895. The van der Waals surface area contributed by atoms with Crippen molar-refractivity contribution in [1.82, 2.24) is 5.32 Å². The van der Waals surface area contributed by atoms with Crippen molar-refractivity contribution in [3.63, 3.8) is 0 Å². The zero-order valence-corrected chi connectivity index (χ0v) is 9.07. The van der Waals surface area contributed by atoms with Gasteiger partial charge >= 0.3 is 6.18 Å². The Morgan fingerprint density at radius 2 is 1.80 bits per heavy atom. The van der Waals surface area contributed by atoms with Gasteiger partial charge in [-0.15, -0.1) is 0 Å². The van der Waals surface area contributed by atoms with E-state index in [0.717, 1.165) is 0 Å². The molecule has 0 aliphatic heterocycles. The van der Waals surface area contributed by atoms with E-state index in [-0.39, 0.29) is 19.1 Å². The Morgan fingerprint density at radius 3 is 2.20 bits per heavy atom. The van der Waals surface area contributed by atoms with Crippen LogP contribution in [0, 0.1) is 5.41 Å². The van der Waals surface area contributed by atoms with E-state index >= 15 is 0 Å². The summed E-state index contributed by atoms with van der Waals surface area (Å²) < 4.78 is 39.2. The lowest BCUT2D eigenvalue weighted by Crippen LogP contribution is -2.37. The van der Waals surface area contributed by atoms with Crippen LogP contribution in [0.5, 0.6) is 0 Å². The third kappa shape index (κ3) is 8.23. The van der Waals surface area contributed by atoms with Crippen molar-refractivity contribution in [2.75, 3.05) is 19.8 Å². The van der Waals surface area contributed by atoms with Crippen LogP contribution < -0.4 is 5.32 Å². The van der Waals surface area contributed by atoms with Gasteiger partial charge in [0, 0.05) is 12.0 Å². The average Bonchev–Trinajstić information content (AvgIpc) is 1.99. The Labute approximate surface area is 87.0 Å². The lowest BCUT2D eigenvalue weighted by atomic mass is 9.96. The molecule has 0 rings (SSSR count). The normalized spacial score (nSPS) is 12.7. The zero-order chi connectivity index (χ0) is 12.1. The molecule has 1 amide bonds. The van der Waals surface area contributed by atoms with Crippen molar-refractivity contribution in [1.29, 1.82) is 0 Å². The molecule has 0 aromatic rings. The summed E-state index contributed by atoms with van der Waals surface area (Å²) in [5, 5.41) is 2.48. The summed E-state index contributed by atoms with van der Waals surface area (Å²) in [5.74, 6) is -0.210. The lowest BCUT2D eigenvalue weighted by Gasteiger charge is -2.17. The van der Waals surface area contributed by atoms with Crippen LogP contribution >= 0.6 is 0 Å². The Hall–Kier alpha value is -0.780. The first-order valence-corrected chi connectivity index (χ1v) is 4.56. The van der Waals surface area contributed by atoms with E-state index < -0.39 is 18.2 Å². The third-order valence-corrected chi connectivity index (χ3v) is 1.48. The maximum Gasteiger partial charge on any atom is 0.411 e. The second kappa shape index (κ2) is 5.34. The quantitative estimate of drug-likeness (QED) is 0.743. The summed E-state index contributed by atoms with van der Waals surface area (Å²) in [5.41, 5.74) is -0.538. The van der Waals surface area contributed by atoms with Crippen molar-refractivity contribution < 1.29 is 22.7 Å². The molecule has 0 aromatic carbocycles. The highest BCUT2D eigenvalue weighted by Crippen LogP contribution is 2.14. The number of alkyl halides is 3. The molecule has 0 spiro atoms. The molecule has 0 unspecified atom stereocenters. The molecule has 0 saturated carbocycles. The van der Waals surface area contributed by atoms with Crippen LogP contribution in [0.25, 0.3) is 0 Å². The number of hydrogen-bond acceptors (Lipinski definition) is 2. The molecule has 0 bridgehead atoms. The SMILES string of the molecule is CC(C)(C)C(=O)NCCOCC(F)(F)F. The molecule has 0 saturated heterocycles. The van der Waals surface area contributed by atoms with Crippen molar-refractivity contribution in [3.05, 3.63) is 0 Å². The predicted molar refractivity (Wildman–Crippen MR) is 49.3 cm³/mol. The van der Waals surface area contributed by atoms with Crippen molar-refractivity contribution in [2.24, 2.45) is 5.41 Å². The molecular weight excluding hydrogens is 211 g/mol. The maximum atomic E-state index is 11.6. The van der Waals surface area contributed by atoms with Gasteiger partial charge in [0.1, 0.15) is 6.61 Å². The first kappa shape index (κ1) is 14.2. The fraction of sp³-hybridized carbons (Fsp3) is 0.889. The van der Waals surface area contributed by atoms with Crippen LogP contribution in [0.2, 0.25) is 0 Å². The molecule has 0 heterocycles. The number of carbonyl (C=O) groups is 1. The molecule has 0 aliphatic rings. The summed E-state index contributed by atoms with van der Waals surface area (Å²) in [6, 6.07) is 0. The fourth-order valence-corrected chi connectivity index (χ4v) is 0.690. The van der Waals surface area contributed by atoms with E-state index in [1.54, 1.807) is 20.8 Å². The number of carbonyl (C=O) groups excluding carboxylic acids is 1. The van der Waals surface area contributed by atoms with Gasteiger partial charge in [0.15, 0.2) is 0 Å². The molecule has 3 nitrogen and oxygen atoms in total. The van der Waals surface area contributed by atoms with Crippen LogP contribution in [0.1, 0.15) is 20.8 Å². The average molecular weight is 227 g/mol. The Balaban J connectivity index is 3.53. The number of amides is 1. The molecule has 1 N–H and O–H groups in total. The van der Waals surface area contributed by atoms with Gasteiger partial charge in [-0.3, -0.25) is 4.79 Å². The highest BCUT2D eigenvalue weighted by molar-refractivity contribution is 5.81.